The normalized spacial score (nSPS) is 29.7. The molecule has 2 aliphatic rings. The van der Waals surface area contributed by atoms with Gasteiger partial charge in [-0.15, -0.1) is 0 Å². The van der Waals surface area contributed by atoms with Crippen LogP contribution in [-0.4, -0.2) is 81.7 Å². The second-order valence-electron chi connectivity index (χ2n) is 8.81. The minimum absolute atomic E-state index is 0.100. The van der Waals surface area contributed by atoms with E-state index < -0.39 is 54.4 Å². The van der Waals surface area contributed by atoms with Gasteiger partial charge in [-0.3, -0.25) is 4.79 Å². The van der Waals surface area contributed by atoms with E-state index in [0.717, 1.165) is 0 Å². The third-order valence-electron chi connectivity index (χ3n) is 5.98. The van der Waals surface area contributed by atoms with Gasteiger partial charge in [0.1, 0.15) is 65.4 Å². The molecule has 6 atom stereocenters. The maximum absolute atomic E-state index is 12.9. The van der Waals surface area contributed by atoms with Crippen LogP contribution in [-0.2, 0) is 22.5 Å². The number of ether oxygens (including phenoxy) is 4. The van der Waals surface area contributed by atoms with Gasteiger partial charge in [-0.05, 0) is 13.8 Å². The van der Waals surface area contributed by atoms with Crippen LogP contribution < -0.4 is 14.9 Å². The van der Waals surface area contributed by atoms with Crippen molar-refractivity contribution in [2.45, 2.75) is 69.3 Å². The summed E-state index contributed by atoms with van der Waals surface area (Å²) in [6.45, 7) is 2.37. The average Bonchev–Trinajstić information content (AvgIpc) is 3.20. The van der Waals surface area contributed by atoms with E-state index in [9.17, 15) is 30.3 Å². The van der Waals surface area contributed by atoms with Gasteiger partial charge < -0.3 is 48.9 Å². The summed E-state index contributed by atoms with van der Waals surface area (Å²) in [6.07, 6.45) is -7.33. The van der Waals surface area contributed by atoms with Crippen LogP contribution in [0.5, 0.6) is 11.5 Å². The molecule has 0 saturated carbocycles. The van der Waals surface area contributed by atoms with E-state index >= 15 is 0 Å². The molecule has 1 saturated heterocycles. The number of hydrogen-bond acceptors (Lipinski definition) is 11. The van der Waals surface area contributed by atoms with Gasteiger partial charge in [0.15, 0.2) is 11.7 Å². The molecule has 0 spiro atoms. The molecule has 0 amide bonds. The number of aliphatic hydroxyl groups is 5. The predicted molar refractivity (Wildman–Crippen MR) is 112 cm³/mol. The zero-order valence-corrected chi connectivity index (χ0v) is 18.4. The molecule has 182 valence electrons. The summed E-state index contributed by atoms with van der Waals surface area (Å²) in [5.74, 6) is 0.842. The Kier molecular flexibility index (Phi) is 6.40. The minimum atomic E-state index is -1.59. The van der Waals surface area contributed by atoms with Gasteiger partial charge in [0, 0.05) is 24.1 Å². The smallest absolute Gasteiger partial charge is 0.196 e. The number of aliphatic hydroxyl groups excluding tert-OH is 4. The third kappa shape index (κ3) is 4.33. The Morgan fingerprint density at radius 1 is 1.15 bits per heavy atom. The monoisotopic (exact) mass is 468 g/mol. The molecule has 4 rings (SSSR count). The number of hydrogen-bond donors (Lipinski definition) is 5. The van der Waals surface area contributed by atoms with Crippen LogP contribution >= 0.6 is 0 Å². The molecule has 5 N–H and O–H groups in total. The van der Waals surface area contributed by atoms with Gasteiger partial charge in [0.05, 0.1) is 19.3 Å². The van der Waals surface area contributed by atoms with Gasteiger partial charge >= 0.3 is 0 Å². The zero-order chi connectivity index (χ0) is 24.1. The van der Waals surface area contributed by atoms with Crippen molar-refractivity contribution < 1.29 is 48.9 Å². The lowest BCUT2D eigenvalue weighted by molar-refractivity contribution is -0.304. The fourth-order valence-corrected chi connectivity index (χ4v) is 4.09. The quantitative estimate of drug-likeness (QED) is 0.360. The minimum Gasteiger partial charge on any atom is -0.495 e. The lowest BCUT2D eigenvalue weighted by Crippen LogP contribution is -2.59. The molecule has 2 aliphatic heterocycles. The highest BCUT2D eigenvalue weighted by molar-refractivity contribution is 5.87. The summed E-state index contributed by atoms with van der Waals surface area (Å²) in [5, 5.41) is 49.7. The number of fused-ring (bicyclic) bond motifs is 2. The predicted octanol–water partition coefficient (Wildman–Crippen LogP) is -0.808. The molecule has 33 heavy (non-hydrogen) atoms. The summed E-state index contributed by atoms with van der Waals surface area (Å²) in [7, 11) is 1.43. The Hall–Kier alpha value is -2.25. The van der Waals surface area contributed by atoms with Crippen molar-refractivity contribution in [2.24, 2.45) is 0 Å². The molecule has 0 bridgehead atoms. The van der Waals surface area contributed by atoms with Gasteiger partial charge in [-0.2, -0.15) is 0 Å². The molecule has 11 nitrogen and oxygen atoms in total. The van der Waals surface area contributed by atoms with Crippen molar-refractivity contribution >= 4 is 11.0 Å². The van der Waals surface area contributed by atoms with E-state index in [1.54, 1.807) is 19.9 Å². The Morgan fingerprint density at radius 3 is 2.52 bits per heavy atom. The van der Waals surface area contributed by atoms with Crippen LogP contribution in [0.1, 0.15) is 25.2 Å². The van der Waals surface area contributed by atoms with Crippen LogP contribution in [0.25, 0.3) is 11.0 Å². The Bertz CT molecular complexity index is 1070. The van der Waals surface area contributed by atoms with Crippen molar-refractivity contribution in [3.05, 3.63) is 33.7 Å². The first kappa shape index (κ1) is 23.9. The molecule has 1 aromatic heterocycles. The summed E-state index contributed by atoms with van der Waals surface area (Å²) in [6, 6.07) is 2.77. The van der Waals surface area contributed by atoms with Crippen molar-refractivity contribution in [3.8, 4) is 11.5 Å². The number of benzene rings is 1. The first-order chi connectivity index (χ1) is 15.5. The highest BCUT2D eigenvalue weighted by Crippen LogP contribution is 2.43. The highest BCUT2D eigenvalue weighted by atomic mass is 16.7. The first-order valence-electron chi connectivity index (χ1n) is 10.5. The van der Waals surface area contributed by atoms with E-state index in [1.165, 1.54) is 13.2 Å². The molecular weight excluding hydrogens is 440 g/mol. The van der Waals surface area contributed by atoms with E-state index in [-0.39, 0.29) is 23.3 Å². The molecule has 0 aliphatic carbocycles. The molecule has 3 heterocycles. The molecule has 1 fully saturated rings. The average molecular weight is 468 g/mol. The molecule has 11 heteroatoms. The maximum Gasteiger partial charge on any atom is 0.196 e. The Morgan fingerprint density at radius 2 is 1.88 bits per heavy atom. The first-order valence-corrected chi connectivity index (χ1v) is 10.5. The Labute approximate surface area is 188 Å². The van der Waals surface area contributed by atoms with E-state index in [4.69, 9.17) is 23.4 Å². The summed E-state index contributed by atoms with van der Waals surface area (Å²) in [5.41, 5.74) is -0.662. The topological polar surface area (TPSA) is 168 Å². The van der Waals surface area contributed by atoms with Gasteiger partial charge in [0.2, 0.25) is 0 Å². The zero-order valence-electron chi connectivity index (χ0n) is 18.4. The van der Waals surface area contributed by atoms with Crippen molar-refractivity contribution in [3.63, 3.8) is 0 Å². The van der Waals surface area contributed by atoms with Crippen LogP contribution in [0.4, 0.5) is 0 Å². The van der Waals surface area contributed by atoms with Crippen molar-refractivity contribution in [1.82, 2.24) is 0 Å². The molecule has 2 aromatic rings. The largest absolute Gasteiger partial charge is 0.495 e. The second kappa shape index (κ2) is 8.84. The van der Waals surface area contributed by atoms with Gasteiger partial charge in [0.25, 0.3) is 0 Å². The van der Waals surface area contributed by atoms with E-state index in [2.05, 4.69) is 0 Å². The van der Waals surface area contributed by atoms with E-state index in [1.807, 2.05) is 0 Å². The van der Waals surface area contributed by atoms with Gasteiger partial charge in [-0.1, -0.05) is 0 Å². The summed E-state index contributed by atoms with van der Waals surface area (Å²) < 4.78 is 27.9. The SMILES string of the molecule is COc1c2c(cc3oc(CO[C@@H]4O[C@H](CO)[C@@H](O)[C@H](O)[C@H]4O)cc(=O)c13)OC(C(C)(C)O)C2. The van der Waals surface area contributed by atoms with Gasteiger partial charge in [-0.25, -0.2) is 0 Å². The fourth-order valence-electron chi connectivity index (χ4n) is 4.09. The molecular formula is C22H28O11. The summed E-state index contributed by atoms with van der Waals surface area (Å²) >= 11 is 0. The highest BCUT2D eigenvalue weighted by Gasteiger charge is 2.44. The lowest BCUT2D eigenvalue weighted by atomic mass is 9.96. The maximum atomic E-state index is 12.9. The molecule has 1 unspecified atom stereocenters. The summed E-state index contributed by atoms with van der Waals surface area (Å²) in [4.78, 5) is 12.9. The van der Waals surface area contributed by atoms with Crippen molar-refractivity contribution in [1.29, 1.82) is 0 Å². The standard InChI is InChI=1S/C22H28O11/c1-22(2,28)15-5-10-12(32-15)6-13-16(20(10)29-3)11(24)4-9(31-13)8-30-21-19(27)18(26)17(25)14(7-23)33-21/h4,6,14-15,17-19,21,23,25-28H,5,7-8H2,1-3H3/t14-,15?,17-,18+,19-,21-/m1/s1. The molecule has 0 radical (unpaired) electrons. The number of rotatable bonds is 6. The van der Waals surface area contributed by atoms with Crippen LogP contribution in [0.2, 0.25) is 0 Å². The number of methoxy groups -OCH3 is 1. The van der Waals surface area contributed by atoms with E-state index in [0.29, 0.717) is 23.5 Å². The van der Waals surface area contributed by atoms with Crippen LogP contribution in [0.15, 0.2) is 21.3 Å². The van der Waals surface area contributed by atoms with Crippen molar-refractivity contribution in [2.75, 3.05) is 13.7 Å². The second-order valence-corrected chi connectivity index (χ2v) is 8.81. The molecule has 1 aromatic carbocycles. The van der Waals surface area contributed by atoms with Crippen LogP contribution in [0, 0.1) is 0 Å². The Balaban J connectivity index is 1.61. The fraction of sp³-hybridized carbons (Fsp3) is 0.591. The van der Waals surface area contributed by atoms with Crippen LogP contribution in [0.3, 0.4) is 0 Å². The lowest BCUT2D eigenvalue weighted by Gasteiger charge is -2.39. The third-order valence-corrected chi connectivity index (χ3v) is 5.98.